The van der Waals surface area contributed by atoms with Gasteiger partial charge in [-0.2, -0.15) is 0 Å². The molecule has 1 fully saturated rings. The van der Waals surface area contributed by atoms with Crippen LogP contribution >= 0.6 is 11.6 Å². The molecule has 22 heavy (non-hydrogen) atoms. The van der Waals surface area contributed by atoms with Gasteiger partial charge in [0, 0.05) is 16.9 Å². The second kappa shape index (κ2) is 5.91. The van der Waals surface area contributed by atoms with Gasteiger partial charge in [0.1, 0.15) is 5.57 Å². The fourth-order valence-electron chi connectivity index (χ4n) is 2.02. The molecule has 6 heteroatoms. The number of halogens is 1. The molecule has 0 atom stereocenters. The quantitative estimate of drug-likeness (QED) is 0.676. The number of nitrogens with zero attached hydrogens (tertiary/aromatic N) is 1. The molecule has 1 aliphatic heterocycles. The zero-order chi connectivity index (χ0) is 15.5. The topological polar surface area (TPSA) is 61.4 Å². The van der Waals surface area contributed by atoms with Crippen molar-refractivity contribution in [2.24, 2.45) is 0 Å². The number of anilines is 2. The highest BCUT2D eigenvalue weighted by Gasteiger charge is 2.34. The van der Waals surface area contributed by atoms with E-state index in [1.54, 1.807) is 24.3 Å². The van der Waals surface area contributed by atoms with Gasteiger partial charge in [0.2, 0.25) is 0 Å². The lowest BCUT2D eigenvalue weighted by Crippen LogP contribution is -2.35. The Balaban J connectivity index is 1.81. The minimum Gasteiger partial charge on any atom is -0.361 e. The van der Waals surface area contributed by atoms with Crippen molar-refractivity contribution >= 4 is 34.8 Å². The maximum absolute atomic E-state index is 12.3. The van der Waals surface area contributed by atoms with Crippen LogP contribution in [0.5, 0.6) is 0 Å². The Morgan fingerprint density at radius 1 is 1.00 bits per heavy atom. The molecule has 0 aromatic heterocycles. The van der Waals surface area contributed by atoms with Crippen molar-refractivity contribution in [3.63, 3.8) is 0 Å². The number of amides is 2. The summed E-state index contributed by atoms with van der Waals surface area (Å²) in [5.41, 5.74) is 3.90. The van der Waals surface area contributed by atoms with Gasteiger partial charge >= 0.3 is 0 Å². The van der Waals surface area contributed by atoms with Crippen molar-refractivity contribution in [1.82, 2.24) is 5.43 Å². The fraction of sp³-hybridized carbons (Fsp3) is 0. The third-order valence-electron chi connectivity index (χ3n) is 3.13. The van der Waals surface area contributed by atoms with Gasteiger partial charge in [0.15, 0.2) is 0 Å². The molecule has 0 saturated carbocycles. The van der Waals surface area contributed by atoms with Crippen LogP contribution in [0.2, 0.25) is 5.02 Å². The molecule has 2 aromatic rings. The molecule has 1 aliphatic rings. The second-order valence-electron chi connectivity index (χ2n) is 4.63. The van der Waals surface area contributed by atoms with E-state index in [0.717, 1.165) is 5.69 Å². The molecule has 1 saturated heterocycles. The highest BCUT2D eigenvalue weighted by molar-refractivity contribution is 6.31. The highest BCUT2D eigenvalue weighted by Crippen LogP contribution is 2.22. The summed E-state index contributed by atoms with van der Waals surface area (Å²) >= 11 is 5.82. The average molecular weight is 314 g/mol. The molecule has 2 aromatic carbocycles. The largest absolute Gasteiger partial charge is 0.361 e. The van der Waals surface area contributed by atoms with Crippen LogP contribution in [-0.2, 0) is 9.59 Å². The Morgan fingerprint density at radius 2 is 1.68 bits per heavy atom. The number of para-hydroxylation sites is 1. The van der Waals surface area contributed by atoms with Crippen LogP contribution in [0.25, 0.3) is 0 Å². The Morgan fingerprint density at radius 3 is 2.36 bits per heavy atom. The second-order valence-corrected chi connectivity index (χ2v) is 5.06. The molecule has 0 unspecified atom stereocenters. The third-order valence-corrected chi connectivity index (χ3v) is 3.39. The van der Waals surface area contributed by atoms with Crippen molar-refractivity contribution in [3.8, 4) is 0 Å². The number of carbonyl (C=O) groups excluding carboxylic acids is 2. The van der Waals surface area contributed by atoms with E-state index in [9.17, 15) is 9.59 Å². The van der Waals surface area contributed by atoms with Gasteiger partial charge in [-0.3, -0.25) is 15.0 Å². The van der Waals surface area contributed by atoms with Gasteiger partial charge in [0.05, 0.1) is 5.69 Å². The summed E-state index contributed by atoms with van der Waals surface area (Å²) in [6, 6.07) is 15.9. The maximum Gasteiger partial charge on any atom is 0.284 e. The number of benzene rings is 2. The number of nitrogens with one attached hydrogen (secondary N) is 2. The first kappa shape index (κ1) is 14.2. The van der Waals surface area contributed by atoms with E-state index in [-0.39, 0.29) is 5.57 Å². The van der Waals surface area contributed by atoms with Gasteiger partial charge in [-0.05, 0) is 36.4 Å². The number of hydrogen-bond donors (Lipinski definition) is 2. The Labute approximate surface area is 132 Å². The lowest BCUT2D eigenvalue weighted by Gasteiger charge is -2.14. The summed E-state index contributed by atoms with van der Waals surface area (Å²) in [7, 11) is 0. The molecule has 0 spiro atoms. The molecule has 5 nitrogen and oxygen atoms in total. The third kappa shape index (κ3) is 2.80. The zero-order valence-electron chi connectivity index (χ0n) is 11.4. The summed E-state index contributed by atoms with van der Waals surface area (Å²) in [5.74, 6) is -0.876. The van der Waals surface area contributed by atoms with Gasteiger partial charge < -0.3 is 5.32 Å². The van der Waals surface area contributed by atoms with E-state index >= 15 is 0 Å². The lowest BCUT2D eigenvalue weighted by molar-refractivity contribution is -0.117. The van der Waals surface area contributed by atoms with Crippen molar-refractivity contribution in [2.45, 2.75) is 0 Å². The summed E-state index contributed by atoms with van der Waals surface area (Å²) in [6.45, 7) is 0. The highest BCUT2D eigenvalue weighted by atomic mass is 35.5. The van der Waals surface area contributed by atoms with Crippen LogP contribution in [0.4, 0.5) is 11.4 Å². The summed E-state index contributed by atoms with van der Waals surface area (Å²) in [5, 5.41) is 4.69. The Bertz CT molecular complexity index is 742. The molecule has 0 bridgehead atoms. The molecule has 2 N–H and O–H groups in total. The minimum atomic E-state index is -0.455. The first-order valence-electron chi connectivity index (χ1n) is 6.58. The number of hydrazine groups is 1. The predicted octanol–water partition coefficient (Wildman–Crippen LogP) is 2.71. The molecule has 0 aliphatic carbocycles. The van der Waals surface area contributed by atoms with E-state index < -0.39 is 11.8 Å². The zero-order valence-corrected chi connectivity index (χ0v) is 12.2. The molecule has 1 heterocycles. The van der Waals surface area contributed by atoms with Crippen molar-refractivity contribution in [2.75, 3.05) is 10.3 Å². The molecule has 2 amide bonds. The van der Waals surface area contributed by atoms with E-state index in [1.165, 1.54) is 11.2 Å². The van der Waals surface area contributed by atoms with Gasteiger partial charge in [-0.25, -0.2) is 5.01 Å². The van der Waals surface area contributed by atoms with E-state index in [1.807, 2.05) is 30.3 Å². The molecular weight excluding hydrogens is 302 g/mol. The summed E-state index contributed by atoms with van der Waals surface area (Å²) in [4.78, 5) is 24.3. The lowest BCUT2D eigenvalue weighted by atomic mass is 10.2. The standard InChI is InChI=1S/C16H12ClN3O2/c17-11-6-8-13(9-7-11)20-16(22)14(15(21)19-20)10-18-12-4-2-1-3-5-12/h1-10,18H,(H,19,21). The summed E-state index contributed by atoms with van der Waals surface area (Å²) in [6.07, 6.45) is 1.41. The monoisotopic (exact) mass is 313 g/mol. The van der Waals surface area contributed by atoms with E-state index in [2.05, 4.69) is 10.7 Å². The van der Waals surface area contributed by atoms with E-state index in [4.69, 9.17) is 11.6 Å². The van der Waals surface area contributed by atoms with Crippen molar-refractivity contribution < 1.29 is 9.59 Å². The van der Waals surface area contributed by atoms with Gasteiger partial charge in [-0.1, -0.05) is 29.8 Å². The normalized spacial score (nSPS) is 16.0. The summed E-state index contributed by atoms with van der Waals surface area (Å²) < 4.78 is 0. The predicted molar refractivity (Wildman–Crippen MR) is 85.2 cm³/mol. The molecule has 0 radical (unpaired) electrons. The number of carbonyl (C=O) groups is 2. The minimum absolute atomic E-state index is 0.0406. The first-order chi connectivity index (χ1) is 10.6. The van der Waals surface area contributed by atoms with Crippen LogP contribution in [0.3, 0.4) is 0 Å². The number of rotatable bonds is 3. The van der Waals surface area contributed by atoms with Crippen LogP contribution in [0, 0.1) is 0 Å². The number of hydrogen-bond acceptors (Lipinski definition) is 3. The van der Waals surface area contributed by atoms with Crippen LogP contribution in [-0.4, -0.2) is 11.8 Å². The Hall–Kier alpha value is -2.79. The van der Waals surface area contributed by atoms with Crippen LogP contribution in [0.15, 0.2) is 66.4 Å². The maximum atomic E-state index is 12.3. The average Bonchev–Trinajstić information content (AvgIpc) is 2.82. The van der Waals surface area contributed by atoms with Crippen LogP contribution < -0.4 is 15.8 Å². The van der Waals surface area contributed by atoms with Crippen molar-refractivity contribution in [1.29, 1.82) is 0 Å². The molecule has 110 valence electrons. The van der Waals surface area contributed by atoms with Crippen LogP contribution in [0.1, 0.15) is 0 Å². The molecule has 3 rings (SSSR count). The SMILES string of the molecule is O=C1NN(c2ccc(Cl)cc2)C(=O)C1=CNc1ccccc1. The molecular formula is C16H12ClN3O2. The fourth-order valence-corrected chi connectivity index (χ4v) is 2.15. The smallest absolute Gasteiger partial charge is 0.284 e. The van der Waals surface area contributed by atoms with Gasteiger partial charge in [0.25, 0.3) is 11.8 Å². The van der Waals surface area contributed by atoms with Gasteiger partial charge in [-0.15, -0.1) is 0 Å². The Kier molecular flexibility index (Phi) is 3.80. The van der Waals surface area contributed by atoms with E-state index in [0.29, 0.717) is 10.7 Å². The first-order valence-corrected chi connectivity index (χ1v) is 6.96. The van der Waals surface area contributed by atoms with Crippen molar-refractivity contribution in [3.05, 3.63) is 71.4 Å².